The fraction of sp³-hybridized carbons (Fsp3) is 0.333. The van der Waals surface area contributed by atoms with Crippen molar-refractivity contribution in [2.45, 2.75) is 33.1 Å². The highest BCUT2D eigenvalue weighted by Gasteiger charge is 2.31. The van der Waals surface area contributed by atoms with E-state index in [1.165, 1.54) is 0 Å². The SMILES string of the molecule is Cc1cc(Cl)ccc1-c1noc(C(C)(C)C)c1C(=O)O. The van der Waals surface area contributed by atoms with Gasteiger partial charge >= 0.3 is 5.97 Å². The van der Waals surface area contributed by atoms with Crippen molar-refractivity contribution < 1.29 is 14.4 Å². The molecule has 0 unspecified atom stereocenters. The van der Waals surface area contributed by atoms with Gasteiger partial charge in [-0.2, -0.15) is 0 Å². The van der Waals surface area contributed by atoms with E-state index in [0.717, 1.165) is 5.56 Å². The minimum absolute atomic E-state index is 0.114. The maximum absolute atomic E-state index is 11.6. The molecule has 0 amide bonds. The number of aromatic nitrogens is 1. The van der Waals surface area contributed by atoms with E-state index < -0.39 is 11.4 Å². The van der Waals surface area contributed by atoms with Crippen LogP contribution in [0.4, 0.5) is 0 Å². The number of benzene rings is 1. The van der Waals surface area contributed by atoms with E-state index in [1.807, 2.05) is 27.7 Å². The molecule has 0 radical (unpaired) electrons. The lowest BCUT2D eigenvalue weighted by molar-refractivity contribution is 0.0693. The molecule has 0 saturated heterocycles. The molecule has 0 bridgehead atoms. The van der Waals surface area contributed by atoms with Crippen molar-refractivity contribution in [2.75, 3.05) is 0 Å². The van der Waals surface area contributed by atoms with Gasteiger partial charge in [-0.15, -0.1) is 0 Å². The number of halogens is 1. The predicted molar refractivity (Wildman–Crippen MR) is 77.3 cm³/mol. The molecule has 0 fully saturated rings. The van der Waals surface area contributed by atoms with Crippen LogP contribution in [0.1, 0.15) is 42.5 Å². The third kappa shape index (κ3) is 2.56. The third-order valence-electron chi connectivity index (χ3n) is 3.03. The molecule has 0 saturated carbocycles. The largest absolute Gasteiger partial charge is 0.477 e. The molecule has 0 atom stereocenters. The van der Waals surface area contributed by atoms with E-state index in [1.54, 1.807) is 18.2 Å². The standard InChI is InChI=1S/C15H16ClNO3/c1-8-7-9(16)5-6-10(8)12-11(14(18)19)13(20-17-12)15(2,3)4/h5-7H,1-4H3,(H,18,19). The number of hydrogen-bond donors (Lipinski definition) is 1. The molecular formula is C15H16ClNO3. The number of carboxylic acid groups (broad SMARTS) is 1. The van der Waals surface area contributed by atoms with Crippen LogP contribution >= 0.6 is 11.6 Å². The highest BCUT2D eigenvalue weighted by atomic mass is 35.5. The first-order valence-electron chi connectivity index (χ1n) is 6.22. The number of carbonyl (C=O) groups is 1. The van der Waals surface area contributed by atoms with Gasteiger partial charge in [0.1, 0.15) is 11.3 Å². The van der Waals surface area contributed by atoms with Crippen LogP contribution in [0.15, 0.2) is 22.7 Å². The van der Waals surface area contributed by atoms with Gasteiger partial charge in [0.2, 0.25) is 0 Å². The van der Waals surface area contributed by atoms with Crippen molar-refractivity contribution in [2.24, 2.45) is 0 Å². The van der Waals surface area contributed by atoms with Gasteiger partial charge < -0.3 is 9.63 Å². The second-order valence-electron chi connectivity index (χ2n) is 5.75. The van der Waals surface area contributed by atoms with Crippen LogP contribution in [0.25, 0.3) is 11.3 Å². The summed E-state index contributed by atoms with van der Waals surface area (Å²) in [6.45, 7) is 7.52. The monoisotopic (exact) mass is 293 g/mol. The molecule has 0 aliphatic carbocycles. The quantitative estimate of drug-likeness (QED) is 0.896. The van der Waals surface area contributed by atoms with Crippen LogP contribution in [-0.4, -0.2) is 16.2 Å². The zero-order chi connectivity index (χ0) is 15.1. The van der Waals surface area contributed by atoms with Crippen LogP contribution in [0.5, 0.6) is 0 Å². The molecule has 4 nitrogen and oxygen atoms in total. The lowest BCUT2D eigenvalue weighted by atomic mass is 9.88. The molecule has 106 valence electrons. The predicted octanol–water partition coefficient (Wildman–Crippen LogP) is 4.30. The van der Waals surface area contributed by atoms with Gasteiger partial charge in [0.05, 0.1) is 0 Å². The lowest BCUT2D eigenvalue weighted by Gasteiger charge is -2.14. The van der Waals surface area contributed by atoms with E-state index in [4.69, 9.17) is 16.1 Å². The van der Waals surface area contributed by atoms with E-state index in [0.29, 0.717) is 22.0 Å². The average Bonchev–Trinajstić information content (AvgIpc) is 2.72. The molecule has 0 aliphatic rings. The van der Waals surface area contributed by atoms with E-state index >= 15 is 0 Å². The summed E-state index contributed by atoms with van der Waals surface area (Å²) in [5.41, 5.74) is 1.60. The Labute approximate surface area is 122 Å². The second-order valence-corrected chi connectivity index (χ2v) is 6.19. The molecule has 5 heteroatoms. The first-order chi connectivity index (χ1) is 9.21. The van der Waals surface area contributed by atoms with E-state index in [9.17, 15) is 9.90 Å². The van der Waals surface area contributed by atoms with Crippen LogP contribution < -0.4 is 0 Å². The average molecular weight is 294 g/mol. The fourth-order valence-corrected chi connectivity index (χ4v) is 2.30. The molecule has 2 rings (SSSR count). The van der Waals surface area contributed by atoms with Crippen LogP contribution in [0.3, 0.4) is 0 Å². The van der Waals surface area contributed by atoms with Gasteiger partial charge in [-0.1, -0.05) is 43.6 Å². The van der Waals surface area contributed by atoms with Crippen LogP contribution in [0.2, 0.25) is 5.02 Å². The Bertz CT molecular complexity index is 668. The summed E-state index contributed by atoms with van der Waals surface area (Å²) in [7, 11) is 0. The maximum atomic E-state index is 11.6. The molecule has 0 aliphatic heterocycles. The second kappa shape index (κ2) is 4.94. The zero-order valence-electron chi connectivity index (χ0n) is 11.8. The van der Waals surface area contributed by atoms with Gasteiger partial charge in [0, 0.05) is 16.0 Å². The Balaban J connectivity index is 2.69. The summed E-state index contributed by atoms with van der Waals surface area (Å²) >= 11 is 5.92. The summed E-state index contributed by atoms with van der Waals surface area (Å²) in [6.07, 6.45) is 0. The number of carboxylic acids is 1. The van der Waals surface area contributed by atoms with Crippen molar-refractivity contribution in [1.29, 1.82) is 0 Å². The molecule has 1 N–H and O–H groups in total. The highest BCUT2D eigenvalue weighted by molar-refractivity contribution is 6.30. The number of aromatic carboxylic acids is 1. The van der Waals surface area contributed by atoms with E-state index in [-0.39, 0.29) is 5.56 Å². The minimum atomic E-state index is -1.04. The Morgan fingerprint density at radius 2 is 2.00 bits per heavy atom. The summed E-state index contributed by atoms with van der Waals surface area (Å²) in [4.78, 5) is 11.6. The van der Waals surface area contributed by atoms with Crippen molar-refractivity contribution in [1.82, 2.24) is 5.16 Å². The normalized spacial score (nSPS) is 11.7. The van der Waals surface area contributed by atoms with Gasteiger partial charge in [-0.3, -0.25) is 0 Å². The highest BCUT2D eigenvalue weighted by Crippen LogP contribution is 2.34. The first-order valence-corrected chi connectivity index (χ1v) is 6.59. The Morgan fingerprint density at radius 1 is 1.35 bits per heavy atom. The van der Waals surface area contributed by atoms with Crippen molar-refractivity contribution in [3.05, 3.63) is 40.1 Å². The first kappa shape index (κ1) is 14.6. The topological polar surface area (TPSA) is 63.3 Å². The lowest BCUT2D eigenvalue weighted by Crippen LogP contribution is -2.15. The van der Waals surface area contributed by atoms with Crippen LogP contribution in [0, 0.1) is 6.92 Å². The summed E-state index contributed by atoms with van der Waals surface area (Å²) < 4.78 is 5.30. The third-order valence-corrected chi connectivity index (χ3v) is 3.27. The van der Waals surface area contributed by atoms with Gasteiger partial charge in [0.25, 0.3) is 0 Å². The Kier molecular flexibility index (Phi) is 3.61. The fourth-order valence-electron chi connectivity index (χ4n) is 2.08. The molecule has 1 heterocycles. The van der Waals surface area contributed by atoms with Crippen LogP contribution in [-0.2, 0) is 5.41 Å². The van der Waals surface area contributed by atoms with E-state index in [2.05, 4.69) is 5.16 Å². The van der Waals surface area contributed by atoms with Gasteiger partial charge in [-0.25, -0.2) is 4.79 Å². The number of hydrogen-bond acceptors (Lipinski definition) is 3. The summed E-state index contributed by atoms with van der Waals surface area (Å²) in [5, 5.41) is 14.0. The zero-order valence-corrected chi connectivity index (χ0v) is 12.6. The van der Waals surface area contributed by atoms with Gasteiger partial charge in [-0.05, 0) is 24.6 Å². The van der Waals surface area contributed by atoms with Gasteiger partial charge in [0.15, 0.2) is 5.76 Å². The summed E-state index contributed by atoms with van der Waals surface area (Å²) in [6, 6.07) is 5.24. The smallest absolute Gasteiger partial charge is 0.341 e. The molecule has 20 heavy (non-hydrogen) atoms. The van der Waals surface area contributed by atoms with Crippen molar-refractivity contribution >= 4 is 17.6 Å². The van der Waals surface area contributed by atoms with Crippen molar-refractivity contribution in [3.8, 4) is 11.3 Å². The summed E-state index contributed by atoms with van der Waals surface area (Å²) in [5.74, 6) is -0.671. The minimum Gasteiger partial charge on any atom is -0.477 e. The number of aryl methyl sites for hydroxylation is 1. The number of rotatable bonds is 2. The Hall–Kier alpha value is -1.81. The molecule has 0 spiro atoms. The molecule has 2 aromatic rings. The molecular weight excluding hydrogens is 278 g/mol. The number of nitrogens with zero attached hydrogens (tertiary/aromatic N) is 1. The Morgan fingerprint density at radius 3 is 2.50 bits per heavy atom. The maximum Gasteiger partial charge on any atom is 0.341 e. The molecule has 1 aromatic heterocycles. The molecule has 1 aromatic carbocycles. The van der Waals surface area contributed by atoms with Crippen molar-refractivity contribution in [3.63, 3.8) is 0 Å².